The maximum absolute atomic E-state index is 12.3. The summed E-state index contributed by atoms with van der Waals surface area (Å²) in [7, 11) is 0. The second kappa shape index (κ2) is 5.95. The number of carbonyl (C=O) groups excluding carboxylic acids is 1. The van der Waals surface area contributed by atoms with Crippen LogP contribution >= 0.6 is 11.3 Å². The number of hydrogen-bond donors (Lipinski definition) is 2. The molecule has 0 aliphatic heterocycles. The molecule has 110 valence electrons. The lowest BCUT2D eigenvalue weighted by molar-refractivity contribution is 0.104. The second-order valence-corrected chi connectivity index (χ2v) is 5.82. The largest absolute Gasteiger partial charge is 0.399 e. The summed E-state index contributed by atoms with van der Waals surface area (Å²) >= 11 is 1.32. The fraction of sp³-hybridized carbons (Fsp3) is 0.0625. The summed E-state index contributed by atoms with van der Waals surface area (Å²) in [5, 5.41) is 3.88. The number of hydrogen-bond acceptors (Lipinski definition) is 6. The lowest BCUT2D eigenvalue weighted by atomic mass is 10.1. The summed E-state index contributed by atoms with van der Waals surface area (Å²) in [4.78, 5) is 21.1. The summed E-state index contributed by atoms with van der Waals surface area (Å²) in [6.07, 6.45) is 4.79. The Morgan fingerprint density at radius 1 is 1.23 bits per heavy atom. The molecule has 22 heavy (non-hydrogen) atoms. The third-order valence-electron chi connectivity index (χ3n) is 3.16. The van der Waals surface area contributed by atoms with Crippen molar-refractivity contribution < 1.29 is 4.79 Å². The quantitative estimate of drug-likeness (QED) is 0.570. The number of nitrogen functional groups attached to an aromatic ring is 1. The number of aromatic nitrogens is 2. The number of thiazole rings is 1. The van der Waals surface area contributed by atoms with E-state index in [-0.39, 0.29) is 5.78 Å². The van der Waals surface area contributed by atoms with Crippen LogP contribution in [0.25, 0.3) is 0 Å². The fourth-order valence-corrected chi connectivity index (χ4v) is 2.82. The van der Waals surface area contributed by atoms with E-state index in [1.807, 2.05) is 25.1 Å². The van der Waals surface area contributed by atoms with Crippen LogP contribution in [0, 0.1) is 6.92 Å². The molecular formula is C16H14N4OS. The zero-order valence-corrected chi connectivity index (χ0v) is 12.7. The summed E-state index contributed by atoms with van der Waals surface area (Å²) < 4.78 is 0. The average Bonchev–Trinajstić information content (AvgIpc) is 2.99. The van der Waals surface area contributed by atoms with Crippen LogP contribution in [0.15, 0.2) is 48.9 Å². The van der Waals surface area contributed by atoms with Crippen LogP contribution in [0.2, 0.25) is 0 Å². The van der Waals surface area contributed by atoms with Crippen LogP contribution < -0.4 is 11.1 Å². The molecule has 0 saturated carbocycles. The van der Waals surface area contributed by atoms with E-state index in [0.717, 1.165) is 16.9 Å². The Balaban J connectivity index is 1.81. The smallest absolute Gasteiger partial charge is 0.204 e. The molecule has 0 spiro atoms. The van der Waals surface area contributed by atoms with Gasteiger partial charge in [-0.05, 0) is 42.8 Å². The molecule has 0 aliphatic rings. The number of benzene rings is 1. The normalized spacial score (nSPS) is 10.4. The number of rotatable bonds is 4. The Morgan fingerprint density at radius 2 is 2.00 bits per heavy atom. The van der Waals surface area contributed by atoms with Crippen LogP contribution in [-0.4, -0.2) is 15.8 Å². The number of ketones is 1. The molecule has 1 aromatic carbocycles. The van der Waals surface area contributed by atoms with Gasteiger partial charge >= 0.3 is 0 Å². The molecule has 0 radical (unpaired) electrons. The predicted molar refractivity (Wildman–Crippen MR) is 88.7 cm³/mol. The molecule has 5 nitrogen and oxygen atoms in total. The molecular weight excluding hydrogens is 296 g/mol. The molecule has 0 fully saturated rings. The van der Waals surface area contributed by atoms with Crippen LogP contribution in [0.1, 0.15) is 20.8 Å². The number of nitrogens with one attached hydrogen (secondary N) is 1. The number of pyridine rings is 1. The number of aryl methyl sites for hydroxylation is 1. The van der Waals surface area contributed by atoms with Gasteiger partial charge in [-0.15, -0.1) is 0 Å². The highest BCUT2D eigenvalue weighted by Gasteiger charge is 2.13. The summed E-state index contributed by atoms with van der Waals surface area (Å²) in [6.45, 7) is 1.97. The van der Waals surface area contributed by atoms with Gasteiger partial charge in [-0.25, -0.2) is 4.98 Å². The van der Waals surface area contributed by atoms with Crippen molar-refractivity contribution in [2.24, 2.45) is 0 Å². The van der Waals surface area contributed by atoms with Crippen molar-refractivity contribution in [1.82, 2.24) is 9.97 Å². The summed E-state index contributed by atoms with van der Waals surface area (Å²) in [5.74, 6) is -0.0537. The Morgan fingerprint density at radius 3 is 2.73 bits per heavy atom. The van der Waals surface area contributed by atoms with Crippen LogP contribution in [0.3, 0.4) is 0 Å². The van der Waals surface area contributed by atoms with Gasteiger partial charge in [0, 0.05) is 29.3 Å². The van der Waals surface area contributed by atoms with Gasteiger partial charge in [-0.2, -0.15) is 0 Å². The van der Waals surface area contributed by atoms with Crippen LogP contribution in [0.4, 0.5) is 16.5 Å². The Kier molecular flexibility index (Phi) is 3.84. The highest BCUT2D eigenvalue weighted by molar-refractivity contribution is 7.17. The fourth-order valence-electron chi connectivity index (χ4n) is 2.02. The first-order chi connectivity index (χ1) is 10.6. The predicted octanol–water partition coefficient (Wildman–Crippen LogP) is 3.40. The van der Waals surface area contributed by atoms with Gasteiger partial charge < -0.3 is 11.1 Å². The first-order valence-corrected chi connectivity index (χ1v) is 7.49. The van der Waals surface area contributed by atoms with Crippen molar-refractivity contribution >= 4 is 33.6 Å². The minimum atomic E-state index is -0.0537. The van der Waals surface area contributed by atoms with Gasteiger partial charge in [0.25, 0.3) is 0 Å². The maximum Gasteiger partial charge on any atom is 0.204 e. The topological polar surface area (TPSA) is 80.9 Å². The van der Waals surface area contributed by atoms with Crippen molar-refractivity contribution in [3.05, 3.63) is 64.9 Å². The van der Waals surface area contributed by atoms with Crippen molar-refractivity contribution in [2.45, 2.75) is 6.92 Å². The van der Waals surface area contributed by atoms with Gasteiger partial charge in [0.1, 0.15) is 0 Å². The minimum Gasteiger partial charge on any atom is -0.399 e. The lowest BCUT2D eigenvalue weighted by Crippen LogP contribution is -1.97. The van der Waals surface area contributed by atoms with E-state index in [9.17, 15) is 4.79 Å². The molecule has 0 unspecified atom stereocenters. The Labute approximate surface area is 131 Å². The first-order valence-electron chi connectivity index (χ1n) is 6.67. The average molecular weight is 310 g/mol. The molecule has 0 atom stereocenters. The van der Waals surface area contributed by atoms with E-state index < -0.39 is 0 Å². The number of anilines is 3. The van der Waals surface area contributed by atoms with Gasteiger partial charge in [-0.1, -0.05) is 11.3 Å². The lowest BCUT2D eigenvalue weighted by Gasteiger charge is -2.07. The molecule has 6 heteroatoms. The van der Waals surface area contributed by atoms with E-state index in [4.69, 9.17) is 5.73 Å². The van der Waals surface area contributed by atoms with Gasteiger partial charge in [0.05, 0.1) is 11.1 Å². The highest BCUT2D eigenvalue weighted by atomic mass is 32.1. The molecule has 2 aromatic heterocycles. The molecule has 3 rings (SSSR count). The summed E-state index contributed by atoms with van der Waals surface area (Å²) in [5.41, 5.74) is 9.01. The number of nitrogens with zero attached hydrogens (tertiary/aromatic N) is 2. The van der Waals surface area contributed by atoms with E-state index >= 15 is 0 Å². The molecule has 3 aromatic rings. The minimum absolute atomic E-state index is 0.0537. The number of carbonyl (C=O) groups is 1. The van der Waals surface area contributed by atoms with E-state index in [1.165, 1.54) is 11.3 Å². The summed E-state index contributed by atoms with van der Waals surface area (Å²) in [6, 6.07) is 9.00. The Hall–Kier alpha value is -2.73. The van der Waals surface area contributed by atoms with E-state index in [0.29, 0.717) is 15.6 Å². The van der Waals surface area contributed by atoms with Crippen molar-refractivity contribution in [3.63, 3.8) is 0 Å². The number of nitrogens with two attached hydrogens (primary N) is 1. The molecule has 3 N–H and O–H groups in total. The van der Waals surface area contributed by atoms with Crippen molar-refractivity contribution in [2.75, 3.05) is 11.1 Å². The van der Waals surface area contributed by atoms with E-state index in [1.54, 1.807) is 30.7 Å². The van der Waals surface area contributed by atoms with Gasteiger partial charge in [-0.3, -0.25) is 9.78 Å². The zero-order valence-electron chi connectivity index (χ0n) is 11.9. The molecule has 0 aliphatic carbocycles. The highest BCUT2D eigenvalue weighted by Crippen LogP contribution is 2.27. The van der Waals surface area contributed by atoms with Gasteiger partial charge in [0.15, 0.2) is 5.13 Å². The Bertz CT molecular complexity index is 814. The van der Waals surface area contributed by atoms with E-state index in [2.05, 4.69) is 15.3 Å². The molecule has 0 saturated heterocycles. The molecule has 0 amide bonds. The maximum atomic E-state index is 12.3. The standard InChI is InChI=1S/C16H14N4OS/c1-10-8-12(17)2-3-13(10)20-16-19-9-14(22-16)15(21)11-4-6-18-7-5-11/h2-9H,17H2,1H3,(H,19,20). The third-order valence-corrected chi connectivity index (χ3v) is 4.08. The SMILES string of the molecule is Cc1cc(N)ccc1Nc1ncc(C(=O)c2ccncc2)s1. The zero-order chi connectivity index (χ0) is 15.5. The monoisotopic (exact) mass is 310 g/mol. The second-order valence-electron chi connectivity index (χ2n) is 4.79. The van der Waals surface area contributed by atoms with Crippen LogP contribution in [0.5, 0.6) is 0 Å². The first kappa shape index (κ1) is 14.2. The van der Waals surface area contributed by atoms with Crippen molar-refractivity contribution in [3.8, 4) is 0 Å². The molecule has 2 heterocycles. The van der Waals surface area contributed by atoms with Crippen molar-refractivity contribution in [1.29, 1.82) is 0 Å². The van der Waals surface area contributed by atoms with Gasteiger partial charge in [0.2, 0.25) is 5.78 Å². The molecule has 0 bridgehead atoms. The van der Waals surface area contributed by atoms with Crippen LogP contribution in [-0.2, 0) is 0 Å². The third kappa shape index (κ3) is 2.96.